The first-order chi connectivity index (χ1) is 31.5. The molecule has 0 aromatic heterocycles. The average molecular weight is 892 g/mol. The van der Waals surface area contributed by atoms with E-state index in [9.17, 15) is 19.8 Å². The van der Waals surface area contributed by atoms with Gasteiger partial charge in [-0.15, -0.1) is 0 Å². The van der Waals surface area contributed by atoms with Gasteiger partial charge < -0.3 is 20.3 Å². The van der Waals surface area contributed by atoms with Crippen LogP contribution in [0.15, 0.2) is 85.1 Å². The molecule has 0 fully saturated rings. The van der Waals surface area contributed by atoms with E-state index in [1.165, 1.54) is 109 Å². The summed E-state index contributed by atoms with van der Waals surface area (Å²) in [5.41, 5.74) is 0. The molecule has 0 bridgehead atoms. The molecule has 1 amide bonds. The molecule has 0 aliphatic carbocycles. The van der Waals surface area contributed by atoms with Gasteiger partial charge in [-0.2, -0.15) is 0 Å². The van der Waals surface area contributed by atoms with Gasteiger partial charge >= 0.3 is 5.97 Å². The van der Waals surface area contributed by atoms with Gasteiger partial charge in [-0.25, -0.2) is 0 Å². The van der Waals surface area contributed by atoms with Crippen molar-refractivity contribution in [2.75, 3.05) is 6.61 Å². The third-order valence-corrected chi connectivity index (χ3v) is 11.8. The number of aliphatic hydroxyl groups is 2. The minimum atomic E-state index is -0.806. The third-order valence-electron chi connectivity index (χ3n) is 11.8. The predicted molar refractivity (Wildman–Crippen MR) is 278 cm³/mol. The molecule has 0 aromatic carbocycles. The highest BCUT2D eigenvalue weighted by Crippen LogP contribution is 2.17. The molecule has 6 heteroatoms. The fraction of sp³-hybridized carbons (Fsp3) is 0.724. The van der Waals surface area contributed by atoms with E-state index < -0.39 is 18.2 Å². The monoisotopic (exact) mass is 892 g/mol. The topological polar surface area (TPSA) is 95.9 Å². The number of hydrogen-bond donors (Lipinski definition) is 3. The molecule has 368 valence electrons. The molecule has 64 heavy (non-hydrogen) atoms. The van der Waals surface area contributed by atoms with Crippen molar-refractivity contribution in [2.45, 2.75) is 264 Å². The van der Waals surface area contributed by atoms with Crippen molar-refractivity contribution in [1.82, 2.24) is 5.32 Å². The summed E-state index contributed by atoms with van der Waals surface area (Å²) >= 11 is 0. The van der Waals surface area contributed by atoms with Crippen molar-refractivity contribution in [3.8, 4) is 0 Å². The van der Waals surface area contributed by atoms with E-state index in [1.807, 2.05) is 36.5 Å². The van der Waals surface area contributed by atoms with E-state index in [0.717, 1.165) is 89.9 Å². The van der Waals surface area contributed by atoms with E-state index in [0.29, 0.717) is 19.3 Å². The minimum absolute atomic E-state index is 0.0394. The Bertz CT molecular complexity index is 1230. The van der Waals surface area contributed by atoms with Crippen molar-refractivity contribution < 1.29 is 24.5 Å². The Balaban J connectivity index is 4.71. The van der Waals surface area contributed by atoms with Crippen LogP contribution in [0.5, 0.6) is 0 Å². The number of allylic oxidation sites excluding steroid dienone is 14. The number of hydrogen-bond acceptors (Lipinski definition) is 5. The highest BCUT2D eigenvalue weighted by molar-refractivity contribution is 5.77. The largest absolute Gasteiger partial charge is 0.462 e. The molecule has 0 aliphatic heterocycles. The SMILES string of the molecule is CCC/C=C/C=C/C=C/C=C/C=C/CCCCCC(CC(=O)NC(CO)C(O)CCCCCCCCCCCCC)OC(=O)CCCCCCC/C=C/C=C/CCCCCCCCC. The zero-order valence-electron chi connectivity index (χ0n) is 41.9. The highest BCUT2D eigenvalue weighted by atomic mass is 16.5. The quantitative estimate of drug-likeness (QED) is 0.0321. The van der Waals surface area contributed by atoms with Gasteiger partial charge in [-0.05, 0) is 70.6 Å². The zero-order valence-corrected chi connectivity index (χ0v) is 41.9. The Morgan fingerprint density at radius 2 is 0.828 bits per heavy atom. The lowest BCUT2D eigenvalue weighted by atomic mass is 10.0. The molecule has 0 heterocycles. The summed E-state index contributed by atoms with van der Waals surface area (Å²) in [6.45, 7) is 6.37. The van der Waals surface area contributed by atoms with Crippen molar-refractivity contribution in [1.29, 1.82) is 0 Å². The second kappa shape index (κ2) is 51.0. The number of nitrogens with one attached hydrogen (secondary N) is 1. The molecular formula is C58H101NO5. The summed E-state index contributed by atoms with van der Waals surface area (Å²) in [5.74, 6) is -0.536. The van der Waals surface area contributed by atoms with Crippen LogP contribution in [-0.4, -0.2) is 46.9 Å². The van der Waals surface area contributed by atoms with Crippen LogP contribution in [0.3, 0.4) is 0 Å². The Morgan fingerprint density at radius 3 is 1.30 bits per heavy atom. The number of aliphatic hydroxyl groups excluding tert-OH is 2. The lowest BCUT2D eigenvalue weighted by molar-refractivity contribution is -0.151. The van der Waals surface area contributed by atoms with Gasteiger partial charge in [-0.3, -0.25) is 9.59 Å². The second-order valence-electron chi connectivity index (χ2n) is 18.1. The van der Waals surface area contributed by atoms with Crippen LogP contribution in [0.2, 0.25) is 0 Å². The first-order valence-corrected chi connectivity index (χ1v) is 26.9. The fourth-order valence-corrected chi connectivity index (χ4v) is 7.75. The standard InChI is InChI=1S/C58H101NO5/c1-4-7-10-13-16-19-22-24-26-28-29-31-33-36-39-42-45-48-51-58(63)64-54(49-46-43-40-37-35-32-30-27-25-23-20-17-14-11-8-5-2)52-57(62)59-55(53-60)56(61)50-47-44-41-38-34-21-18-15-12-9-6-3/h11,14,17,20,23,25-32,35,54-56,60-61H,4-10,12-13,15-16,18-19,21-22,24,33-34,36-53H2,1-3H3,(H,59,62)/b14-11+,20-17+,25-23+,28-26+,30-27+,31-29+,35-32+. The Labute approximate surface area is 395 Å². The number of esters is 1. The lowest BCUT2D eigenvalue weighted by Gasteiger charge is -2.24. The maximum absolute atomic E-state index is 13.2. The second-order valence-corrected chi connectivity index (χ2v) is 18.1. The van der Waals surface area contributed by atoms with Gasteiger partial charge in [0.15, 0.2) is 0 Å². The molecule has 0 spiro atoms. The summed E-state index contributed by atoms with van der Waals surface area (Å²) in [6, 6.07) is -0.723. The van der Waals surface area contributed by atoms with Gasteiger partial charge in [0, 0.05) is 6.42 Å². The molecule has 0 radical (unpaired) electrons. The molecule has 3 atom stereocenters. The van der Waals surface area contributed by atoms with E-state index in [2.05, 4.69) is 74.7 Å². The first kappa shape index (κ1) is 61.0. The summed E-state index contributed by atoms with van der Waals surface area (Å²) in [4.78, 5) is 26.2. The summed E-state index contributed by atoms with van der Waals surface area (Å²) in [7, 11) is 0. The van der Waals surface area contributed by atoms with Crippen LogP contribution >= 0.6 is 0 Å². The molecule has 0 rings (SSSR count). The number of amides is 1. The van der Waals surface area contributed by atoms with Crippen molar-refractivity contribution in [3.05, 3.63) is 85.1 Å². The van der Waals surface area contributed by atoms with Crippen molar-refractivity contribution in [3.63, 3.8) is 0 Å². The Morgan fingerprint density at radius 1 is 0.453 bits per heavy atom. The normalized spacial score (nSPS) is 13.9. The van der Waals surface area contributed by atoms with E-state index in [-0.39, 0.29) is 24.9 Å². The maximum atomic E-state index is 13.2. The third kappa shape index (κ3) is 45.6. The Hall–Kier alpha value is -2.96. The van der Waals surface area contributed by atoms with Crippen LogP contribution in [0, 0.1) is 0 Å². The summed E-state index contributed by atoms with van der Waals surface area (Å²) < 4.78 is 5.92. The van der Waals surface area contributed by atoms with Crippen molar-refractivity contribution >= 4 is 11.9 Å². The van der Waals surface area contributed by atoms with Gasteiger partial charge in [0.05, 0.1) is 25.2 Å². The van der Waals surface area contributed by atoms with Crippen LogP contribution in [0.4, 0.5) is 0 Å². The molecule has 6 nitrogen and oxygen atoms in total. The van der Waals surface area contributed by atoms with Crippen LogP contribution < -0.4 is 5.32 Å². The van der Waals surface area contributed by atoms with E-state index in [4.69, 9.17) is 4.74 Å². The van der Waals surface area contributed by atoms with Gasteiger partial charge in [0.2, 0.25) is 5.91 Å². The van der Waals surface area contributed by atoms with Gasteiger partial charge in [0.25, 0.3) is 0 Å². The number of carbonyl (C=O) groups excluding carboxylic acids is 2. The average Bonchev–Trinajstić information content (AvgIpc) is 3.29. The Kier molecular flexibility index (Phi) is 48.7. The van der Waals surface area contributed by atoms with E-state index >= 15 is 0 Å². The highest BCUT2D eigenvalue weighted by Gasteiger charge is 2.24. The molecular weight excluding hydrogens is 791 g/mol. The van der Waals surface area contributed by atoms with Gasteiger partial charge in [0.1, 0.15) is 6.10 Å². The predicted octanol–water partition coefficient (Wildman–Crippen LogP) is 16.3. The number of rotatable bonds is 47. The van der Waals surface area contributed by atoms with E-state index in [1.54, 1.807) is 0 Å². The maximum Gasteiger partial charge on any atom is 0.306 e. The summed E-state index contributed by atoms with van der Waals surface area (Å²) in [5, 5.41) is 23.7. The molecule has 0 aliphatic rings. The van der Waals surface area contributed by atoms with Crippen LogP contribution in [-0.2, 0) is 14.3 Å². The number of ether oxygens (including phenoxy) is 1. The zero-order chi connectivity index (χ0) is 46.7. The molecule has 0 saturated heterocycles. The lowest BCUT2D eigenvalue weighted by Crippen LogP contribution is -2.46. The minimum Gasteiger partial charge on any atom is -0.462 e. The molecule has 3 unspecified atom stereocenters. The molecule has 3 N–H and O–H groups in total. The van der Waals surface area contributed by atoms with Crippen molar-refractivity contribution in [2.24, 2.45) is 0 Å². The van der Waals surface area contributed by atoms with Gasteiger partial charge in [-0.1, -0.05) is 247 Å². The fourth-order valence-electron chi connectivity index (χ4n) is 7.75. The first-order valence-electron chi connectivity index (χ1n) is 26.9. The molecule has 0 saturated carbocycles. The number of carbonyl (C=O) groups is 2. The number of unbranched alkanes of at least 4 members (excludes halogenated alkanes) is 26. The van der Waals surface area contributed by atoms with Crippen LogP contribution in [0.25, 0.3) is 0 Å². The van der Waals surface area contributed by atoms with Crippen LogP contribution in [0.1, 0.15) is 245 Å². The smallest absolute Gasteiger partial charge is 0.306 e. The molecule has 0 aromatic rings. The summed E-state index contributed by atoms with van der Waals surface area (Å²) in [6.07, 6.45) is 66.4.